The number of aromatic nitrogens is 2. The number of para-hydroxylation sites is 1. The zero-order chi connectivity index (χ0) is 21.0. The maximum Gasteiger partial charge on any atom is 0.359 e. The molecule has 0 aliphatic carbocycles. The summed E-state index contributed by atoms with van der Waals surface area (Å²) in [6.07, 6.45) is 1.69. The molecule has 2 N–H and O–H groups in total. The first-order valence-electron chi connectivity index (χ1n) is 9.23. The monoisotopic (exact) mass is 414 g/mol. The van der Waals surface area contributed by atoms with Crippen molar-refractivity contribution in [1.29, 1.82) is 0 Å². The zero-order valence-electron chi connectivity index (χ0n) is 16.4. The Kier molecular flexibility index (Phi) is 6.28. The summed E-state index contributed by atoms with van der Waals surface area (Å²) in [5.41, 5.74) is 2.23. The van der Waals surface area contributed by atoms with Gasteiger partial charge in [0, 0.05) is 17.5 Å². The first-order valence-corrected chi connectivity index (χ1v) is 9.64. The minimum absolute atomic E-state index is 0.104. The van der Waals surface area contributed by atoms with Gasteiger partial charge >= 0.3 is 11.9 Å². The van der Waals surface area contributed by atoms with Gasteiger partial charge in [0.1, 0.15) is 0 Å². The van der Waals surface area contributed by atoms with Crippen molar-refractivity contribution in [3.63, 3.8) is 0 Å². The number of benzene rings is 1. The van der Waals surface area contributed by atoms with Gasteiger partial charge in [0.2, 0.25) is 0 Å². The van der Waals surface area contributed by atoms with E-state index in [9.17, 15) is 9.59 Å². The molecule has 0 amide bonds. The third kappa shape index (κ3) is 4.29. The fourth-order valence-corrected chi connectivity index (χ4v) is 3.35. The van der Waals surface area contributed by atoms with Crippen LogP contribution in [0.2, 0.25) is 0 Å². The quantitative estimate of drug-likeness (QED) is 0.550. The van der Waals surface area contributed by atoms with E-state index in [0.717, 1.165) is 5.69 Å². The summed E-state index contributed by atoms with van der Waals surface area (Å²) < 4.78 is 12.0. The molecule has 1 aromatic heterocycles. The molecule has 1 atom stereocenters. The van der Waals surface area contributed by atoms with Gasteiger partial charge < -0.3 is 20.1 Å². The molecule has 29 heavy (non-hydrogen) atoms. The molecule has 0 radical (unpaired) electrons. The molecule has 2 heterocycles. The molecular weight excluding hydrogens is 392 g/mol. The summed E-state index contributed by atoms with van der Waals surface area (Å²) >= 11 is 5.27. The average Bonchev–Trinajstić information content (AvgIpc) is 3.14. The Hall–Kier alpha value is -3.20. The fourth-order valence-electron chi connectivity index (χ4n) is 3.08. The number of nitrogens with zero attached hydrogens (tertiary/aromatic N) is 2. The SMILES string of the molecule is CCOC(=O)C1=C(C)NC(=S)N[C@@H]1c1cn(-c2ccccc2)nc1C(=O)OCC. The number of thiocarbonyl (C=S) groups is 1. The summed E-state index contributed by atoms with van der Waals surface area (Å²) in [6, 6.07) is 8.64. The second kappa shape index (κ2) is 8.87. The van der Waals surface area contributed by atoms with E-state index in [0.29, 0.717) is 21.9 Å². The van der Waals surface area contributed by atoms with Crippen LogP contribution in [-0.4, -0.2) is 40.0 Å². The maximum absolute atomic E-state index is 12.6. The van der Waals surface area contributed by atoms with Crippen molar-refractivity contribution in [2.24, 2.45) is 0 Å². The lowest BCUT2D eigenvalue weighted by molar-refractivity contribution is -0.139. The van der Waals surface area contributed by atoms with Crippen molar-refractivity contribution in [2.75, 3.05) is 13.2 Å². The largest absolute Gasteiger partial charge is 0.463 e. The van der Waals surface area contributed by atoms with Gasteiger partial charge in [-0.15, -0.1) is 0 Å². The molecule has 3 rings (SSSR count). The van der Waals surface area contributed by atoms with E-state index < -0.39 is 18.0 Å². The van der Waals surface area contributed by atoms with Gasteiger partial charge in [0.25, 0.3) is 0 Å². The molecule has 1 aliphatic heterocycles. The second-order valence-electron chi connectivity index (χ2n) is 6.22. The fraction of sp³-hybridized carbons (Fsp3) is 0.300. The Morgan fingerprint density at radius 2 is 1.79 bits per heavy atom. The molecule has 0 unspecified atom stereocenters. The van der Waals surface area contributed by atoms with E-state index in [-0.39, 0.29) is 18.9 Å². The molecule has 0 saturated carbocycles. The summed E-state index contributed by atoms with van der Waals surface area (Å²) in [6.45, 7) is 5.61. The predicted octanol–water partition coefficient (Wildman–Crippen LogP) is 2.40. The van der Waals surface area contributed by atoms with E-state index in [4.69, 9.17) is 21.7 Å². The van der Waals surface area contributed by atoms with Gasteiger partial charge in [-0.25, -0.2) is 14.3 Å². The Labute approximate surface area is 173 Å². The van der Waals surface area contributed by atoms with Crippen molar-refractivity contribution in [3.05, 3.63) is 59.1 Å². The van der Waals surface area contributed by atoms with E-state index in [2.05, 4.69) is 15.7 Å². The third-order valence-electron chi connectivity index (χ3n) is 4.31. The van der Waals surface area contributed by atoms with Gasteiger partial charge in [-0.3, -0.25) is 0 Å². The smallest absolute Gasteiger partial charge is 0.359 e. The number of nitrogens with one attached hydrogen (secondary N) is 2. The van der Waals surface area contributed by atoms with Gasteiger partial charge in [-0.05, 0) is 45.1 Å². The number of hydrogen-bond acceptors (Lipinski definition) is 6. The molecule has 1 aliphatic rings. The molecule has 0 fully saturated rings. The Morgan fingerprint density at radius 1 is 1.14 bits per heavy atom. The van der Waals surface area contributed by atoms with Gasteiger partial charge in [-0.2, -0.15) is 5.10 Å². The van der Waals surface area contributed by atoms with Crippen LogP contribution < -0.4 is 10.6 Å². The van der Waals surface area contributed by atoms with E-state index in [1.165, 1.54) is 0 Å². The molecule has 8 nitrogen and oxygen atoms in total. The summed E-state index contributed by atoms with van der Waals surface area (Å²) in [5, 5.41) is 10.8. The van der Waals surface area contributed by atoms with E-state index in [1.54, 1.807) is 31.6 Å². The minimum atomic E-state index is -0.709. The molecule has 0 saturated heterocycles. The minimum Gasteiger partial charge on any atom is -0.463 e. The zero-order valence-corrected chi connectivity index (χ0v) is 17.2. The van der Waals surface area contributed by atoms with Crippen molar-refractivity contribution < 1.29 is 19.1 Å². The Balaban J connectivity index is 2.14. The maximum atomic E-state index is 12.6. The van der Waals surface area contributed by atoms with Gasteiger partial charge in [0.15, 0.2) is 10.8 Å². The van der Waals surface area contributed by atoms with E-state index in [1.807, 2.05) is 30.3 Å². The number of hydrogen-bond donors (Lipinski definition) is 2. The lowest BCUT2D eigenvalue weighted by Gasteiger charge is -2.29. The molecule has 2 aromatic rings. The number of rotatable bonds is 6. The third-order valence-corrected chi connectivity index (χ3v) is 4.53. The van der Waals surface area contributed by atoms with Crippen LogP contribution in [0.1, 0.15) is 42.9 Å². The molecule has 152 valence electrons. The standard InChI is InChI=1S/C20H22N4O4S/c1-4-27-18(25)15-12(3)21-20(29)22-16(15)14-11-24(13-9-7-6-8-10-13)23-17(14)19(26)28-5-2/h6-11,16H,4-5H2,1-3H3,(H2,21,22,29)/t16-/m1/s1. The van der Waals surface area contributed by atoms with Crippen LogP contribution in [0.15, 0.2) is 47.8 Å². The van der Waals surface area contributed by atoms with Crippen LogP contribution in [0.3, 0.4) is 0 Å². The molecule has 0 bridgehead atoms. The van der Waals surface area contributed by atoms with Crippen molar-refractivity contribution in [2.45, 2.75) is 26.8 Å². The predicted molar refractivity (Wildman–Crippen MR) is 110 cm³/mol. The number of esters is 2. The molecule has 0 spiro atoms. The van der Waals surface area contributed by atoms with Crippen molar-refractivity contribution in [1.82, 2.24) is 20.4 Å². The normalized spacial score (nSPS) is 16.1. The summed E-state index contributed by atoms with van der Waals surface area (Å²) in [4.78, 5) is 25.2. The average molecular weight is 414 g/mol. The summed E-state index contributed by atoms with van der Waals surface area (Å²) in [7, 11) is 0. The highest BCUT2D eigenvalue weighted by atomic mass is 32.1. The molecule has 1 aromatic carbocycles. The lowest BCUT2D eigenvalue weighted by Crippen LogP contribution is -2.45. The number of carbonyl (C=O) groups excluding carboxylic acids is 2. The second-order valence-corrected chi connectivity index (χ2v) is 6.63. The topological polar surface area (TPSA) is 94.5 Å². The van der Waals surface area contributed by atoms with Gasteiger partial charge in [-0.1, -0.05) is 18.2 Å². The lowest BCUT2D eigenvalue weighted by atomic mass is 9.96. The van der Waals surface area contributed by atoms with Crippen LogP contribution in [-0.2, 0) is 14.3 Å². The highest BCUT2D eigenvalue weighted by molar-refractivity contribution is 7.80. The molecular formula is C20H22N4O4S. The van der Waals surface area contributed by atoms with Crippen molar-refractivity contribution >= 4 is 29.3 Å². The van der Waals surface area contributed by atoms with Crippen LogP contribution in [0.5, 0.6) is 0 Å². The number of ether oxygens (including phenoxy) is 2. The van der Waals surface area contributed by atoms with Crippen LogP contribution in [0, 0.1) is 0 Å². The van der Waals surface area contributed by atoms with Gasteiger partial charge in [0.05, 0.1) is 30.5 Å². The number of allylic oxidation sites excluding steroid dienone is 1. The van der Waals surface area contributed by atoms with E-state index >= 15 is 0 Å². The van der Waals surface area contributed by atoms with Crippen molar-refractivity contribution in [3.8, 4) is 5.69 Å². The first kappa shape index (κ1) is 20.5. The van der Waals surface area contributed by atoms with Crippen LogP contribution in [0.4, 0.5) is 0 Å². The summed E-state index contributed by atoms with van der Waals surface area (Å²) in [5.74, 6) is -1.08. The Bertz CT molecular complexity index is 968. The highest BCUT2D eigenvalue weighted by Gasteiger charge is 2.35. The highest BCUT2D eigenvalue weighted by Crippen LogP contribution is 2.30. The number of carbonyl (C=O) groups is 2. The van der Waals surface area contributed by atoms with Crippen LogP contribution in [0.25, 0.3) is 5.69 Å². The first-order chi connectivity index (χ1) is 14.0. The molecule has 9 heteroatoms. The van der Waals surface area contributed by atoms with Crippen LogP contribution >= 0.6 is 12.2 Å². The Morgan fingerprint density at radius 3 is 2.45 bits per heavy atom.